The van der Waals surface area contributed by atoms with Gasteiger partial charge in [-0.2, -0.15) is 0 Å². The van der Waals surface area contributed by atoms with Crippen LogP contribution in [0.25, 0.3) is 10.9 Å². The Morgan fingerprint density at radius 1 is 1.10 bits per heavy atom. The number of pyridine rings is 1. The number of nitrogens with two attached hydrogens (primary N) is 1. The second-order valence-electron chi connectivity index (χ2n) is 4.69. The molecule has 0 aliphatic rings. The summed E-state index contributed by atoms with van der Waals surface area (Å²) < 4.78 is 5.16. The van der Waals surface area contributed by atoms with E-state index in [2.05, 4.69) is 17.1 Å². The van der Waals surface area contributed by atoms with E-state index in [0.29, 0.717) is 5.82 Å². The molecule has 1 heterocycles. The van der Waals surface area contributed by atoms with Crippen LogP contribution in [0.2, 0.25) is 0 Å². The fourth-order valence-electron chi connectivity index (χ4n) is 2.12. The Morgan fingerprint density at radius 2 is 1.86 bits per heavy atom. The second-order valence-corrected chi connectivity index (χ2v) is 5.74. The van der Waals surface area contributed by atoms with Crippen molar-refractivity contribution >= 4 is 28.5 Å². The average molecular weight is 296 g/mol. The molecule has 0 radical (unpaired) electrons. The number of ether oxygens (including phenoxy) is 1. The topological polar surface area (TPSA) is 48.1 Å². The van der Waals surface area contributed by atoms with Crippen molar-refractivity contribution < 1.29 is 4.74 Å². The SMILES string of the molecule is COc1ccc(SCc2cc3ccccc3nc2N)cc1. The lowest BCUT2D eigenvalue weighted by molar-refractivity contribution is 0.414. The van der Waals surface area contributed by atoms with Gasteiger partial charge in [-0.1, -0.05) is 18.2 Å². The zero-order valence-corrected chi connectivity index (χ0v) is 12.6. The summed E-state index contributed by atoms with van der Waals surface area (Å²) >= 11 is 1.74. The van der Waals surface area contributed by atoms with Crippen LogP contribution in [-0.4, -0.2) is 12.1 Å². The van der Waals surface area contributed by atoms with Crippen LogP contribution < -0.4 is 10.5 Å². The molecule has 0 fully saturated rings. The molecule has 0 bridgehead atoms. The molecule has 0 aliphatic heterocycles. The predicted molar refractivity (Wildman–Crippen MR) is 88.7 cm³/mol. The van der Waals surface area contributed by atoms with Crippen LogP contribution in [0.4, 0.5) is 5.82 Å². The van der Waals surface area contributed by atoms with Crippen LogP contribution >= 0.6 is 11.8 Å². The van der Waals surface area contributed by atoms with E-state index in [9.17, 15) is 0 Å². The number of aromatic nitrogens is 1. The lowest BCUT2D eigenvalue weighted by Crippen LogP contribution is -1.97. The van der Waals surface area contributed by atoms with E-state index in [1.165, 1.54) is 4.90 Å². The van der Waals surface area contributed by atoms with Crippen molar-refractivity contribution in [2.45, 2.75) is 10.6 Å². The van der Waals surface area contributed by atoms with Gasteiger partial charge in [0.2, 0.25) is 0 Å². The summed E-state index contributed by atoms with van der Waals surface area (Å²) in [4.78, 5) is 5.64. The Kier molecular flexibility index (Phi) is 3.97. The van der Waals surface area contributed by atoms with Gasteiger partial charge in [0.25, 0.3) is 0 Å². The van der Waals surface area contributed by atoms with Gasteiger partial charge in [-0.3, -0.25) is 0 Å². The van der Waals surface area contributed by atoms with E-state index in [1.54, 1.807) is 18.9 Å². The lowest BCUT2D eigenvalue weighted by atomic mass is 10.1. The molecule has 3 aromatic rings. The average Bonchev–Trinajstić information content (AvgIpc) is 2.53. The Hall–Kier alpha value is -2.20. The Labute approximate surface area is 128 Å². The number of nitrogens with zero attached hydrogens (tertiary/aromatic N) is 1. The van der Waals surface area contributed by atoms with Crippen LogP contribution in [0.15, 0.2) is 59.5 Å². The van der Waals surface area contributed by atoms with Crippen molar-refractivity contribution in [3.05, 3.63) is 60.2 Å². The third kappa shape index (κ3) is 3.11. The Balaban J connectivity index is 1.79. The highest BCUT2D eigenvalue weighted by atomic mass is 32.2. The highest BCUT2D eigenvalue weighted by Gasteiger charge is 2.05. The van der Waals surface area contributed by atoms with Crippen LogP contribution in [0, 0.1) is 0 Å². The Morgan fingerprint density at radius 3 is 2.62 bits per heavy atom. The molecule has 0 unspecified atom stereocenters. The summed E-state index contributed by atoms with van der Waals surface area (Å²) in [6, 6.07) is 18.2. The first kappa shape index (κ1) is 13.8. The van der Waals surface area contributed by atoms with Gasteiger partial charge in [-0.05, 0) is 36.4 Å². The van der Waals surface area contributed by atoms with E-state index in [4.69, 9.17) is 10.5 Å². The number of nitrogen functional groups attached to an aromatic ring is 1. The molecule has 0 saturated carbocycles. The lowest BCUT2D eigenvalue weighted by Gasteiger charge is -2.07. The van der Waals surface area contributed by atoms with Gasteiger partial charge in [0.15, 0.2) is 0 Å². The van der Waals surface area contributed by atoms with Gasteiger partial charge >= 0.3 is 0 Å². The minimum absolute atomic E-state index is 0.606. The number of hydrogen-bond donors (Lipinski definition) is 1. The van der Waals surface area contributed by atoms with E-state index in [-0.39, 0.29) is 0 Å². The predicted octanol–water partition coefficient (Wildman–Crippen LogP) is 4.12. The monoisotopic (exact) mass is 296 g/mol. The summed E-state index contributed by atoms with van der Waals surface area (Å²) in [6.07, 6.45) is 0. The number of hydrogen-bond acceptors (Lipinski definition) is 4. The normalized spacial score (nSPS) is 10.7. The fourth-order valence-corrected chi connectivity index (χ4v) is 3.01. The molecule has 0 amide bonds. The molecular weight excluding hydrogens is 280 g/mol. The summed E-state index contributed by atoms with van der Waals surface area (Å²) in [5, 5.41) is 1.12. The van der Waals surface area contributed by atoms with Gasteiger partial charge in [-0.25, -0.2) is 4.98 Å². The molecule has 1 aromatic heterocycles. The number of rotatable bonds is 4. The molecule has 3 rings (SSSR count). The molecule has 0 spiro atoms. The summed E-state index contributed by atoms with van der Waals surface area (Å²) in [5.74, 6) is 2.27. The van der Waals surface area contributed by atoms with Crippen molar-refractivity contribution in [1.29, 1.82) is 0 Å². The smallest absolute Gasteiger partial charge is 0.128 e. The minimum Gasteiger partial charge on any atom is -0.497 e. The first-order valence-corrected chi connectivity index (χ1v) is 7.66. The van der Waals surface area contributed by atoms with E-state index >= 15 is 0 Å². The summed E-state index contributed by atoms with van der Waals surface area (Å²) in [6.45, 7) is 0. The van der Waals surface area contributed by atoms with Crippen molar-refractivity contribution in [1.82, 2.24) is 4.98 Å². The molecule has 3 nitrogen and oxygen atoms in total. The maximum absolute atomic E-state index is 6.05. The van der Waals surface area contributed by atoms with Crippen molar-refractivity contribution in [2.75, 3.05) is 12.8 Å². The zero-order chi connectivity index (χ0) is 14.7. The van der Waals surface area contributed by atoms with Crippen LogP contribution in [0.5, 0.6) is 5.75 Å². The summed E-state index contributed by atoms with van der Waals surface area (Å²) in [7, 11) is 1.67. The van der Waals surface area contributed by atoms with Gasteiger partial charge < -0.3 is 10.5 Å². The van der Waals surface area contributed by atoms with E-state index in [0.717, 1.165) is 28.0 Å². The van der Waals surface area contributed by atoms with Gasteiger partial charge in [-0.15, -0.1) is 11.8 Å². The Bertz CT molecular complexity index is 756. The van der Waals surface area contributed by atoms with Crippen molar-refractivity contribution in [2.24, 2.45) is 0 Å². The van der Waals surface area contributed by atoms with Gasteiger partial charge in [0, 0.05) is 21.6 Å². The fraction of sp³-hybridized carbons (Fsp3) is 0.118. The molecule has 2 N–H and O–H groups in total. The quantitative estimate of drug-likeness (QED) is 0.736. The number of methoxy groups -OCH3 is 1. The first-order valence-electron chi connectivity index (χ1n) is 6.67. The van der Waals surface area contributed by atoms with Crippen molar-refractivity contribution in [3.63, 3.8) is 0 Å². The maximum atomic E-state index is 6.05. The third-order valence-corrected chi connectivity index (χ3v) is 4.35. The molecule has 0 saturated heterocycles. The number of thioether (sulfide) groups is 1. The highest BCUT2D eigenvalue weighted by molar-refractivity contribution is 7.98. The molecular formula is C17H16N2OS. The van der Waals surface area contributed by atoms with Crippen LogP contribution in [0.3, 0.4) is 0 Å². The van der Waals surface area contributed by atoms with Gasteiger partial charge in [0.05, 0.1) is 12.6 Å². The molecule has 4 heteroatoms. The maximum Gasteiger partial charge on any atom is 0.128 e. The largest absolute Gasteiger partial charge is 0.497 e. The molecule has 2 aromatic carbocycles. The third-order valence-electron chi connectivity index (χ3n) is 3.29. The van der Waals surface area contributed by atoms with Gasteiger partial charge in [0.1, 0.15) is 11.6 Å². The van der Waals surface area contributed by atoms with E-state index < -0.39 is 0 Å². The first-order chi connectivity index (χ1) is 10.3. The standard InChI is InChI=1S/C17H16N2OS/c1-20-14-6-8-15(9-7-14)21-11-13-10-12-4-2-3-5-16(12)19-17(13)18/h2-10H,11H2,1H3,(H2,18,19). The molecule has 0 atom stereocenters. The summed E-state index contributed by atoms with van der Waals surface area (Å²) in [5.41, 5.74) is 8.05. The van der Waals surface area contributed by atoms with E-state index in [1.807, 2.05) is 42.5 Å². The molecule has 21 heavy (non-hydrogen) atoms. The highest BCUT2D eigenvalue weighted by Crippen LogP contribution is 2.28. The number of anilines is 1. The minimum atomic E-state index is 0.606. The van der Waals surface area contributed by atoms with Crippen molar-refractivity contribution in [3.8, 4) is 5.75 Å². The molecule has 106 valence electrons. The molecule has 0 aliphatic carbocycles. The van der Waals surface area contributed by atoms with Crippen LogP contribution in [0.1, 0.15) is 5.56 Å². The second kappa shape index (κ2) is 6.06. The van der Waals surface area contributed by atoms with Crippen LogP contribution in [-0.2, 0) is 5.75 Å². The number of benzene rings is 2. The zero-order valence-electron chi connectivity index (χ0n) is 11.7. The number of para-hydroxylation sites is 1. The number of fused-ring (bicyclic) bond motifs is 1.